The summed E-state index contributed by atoms with van der Waals surface area (Å²) in [6.07, 6.45) is 1.99. The largest absolute Gasteiger partial charge is 0.392 e. The molecule has 0 saturated carbocycles. The van der Waals surface area contributed by atoms with Gasteiger partial charge in [0.25, 0.3) is 10.2 Å². The highest BCUT2D eigenvalue weighted by molar-refractivity contribution is 7.86. The van der Waals surface area contributed by atoms with E-state index < -0.39 is 16.3 Å². The molecule has 0 aromatic heterocycles. The van der Waals surface area contributed by atoms with Crippen LogP contribution in [-0.2, 0) is 10.2 Å². The standard InChI is InChI=1S/C8H16N2O3S/c11-8-3-6-10(7-8)14(12,13)9-4-1-2-5-9/h8,11H,1-7H2/t8-/m0/s1. The quantitative estimate of drug-likeness (QED) is 0.675. The lowest BCUT2D eigenvalue weighted by atomic mass is 10.3. The fourth-order valence-corrected chi connectivity index (χ4v) is 3.75. The summed E-state index contributed by atoms with van der Waals surface area (Å²) in [6, 6.07) is 0. The van der Waals surface area contributed by atoms with E-state index in [4.69, 9.17) is 0 Å². The molecule has 0 amide bonds. The van der Waals surface area contributed by atoms with Crippen molar-refractivity contribution >= 4 is 10.2 Å². The van der Waals surface area contributed by atoms with Gasteiger partial charge in [0.15, 0.2) is 0 Å². The summed E-state index contributed by atoms with van der Waals surface area (Å²) in [6.45, 7) is 1.99. The molecule has 1 atom stereocenters. The summed E-state index contributed by atoms with van der Waals surface area (Å²) in [5.41, 5.74) is 0. The molecule has 5 nitrogen and oxygen atoms in total. The normalized spacial score (nSPS) is 31.4. The first kappa shape index (κ1) is 10.4. The predicted molar refractivity (Wildman–Crippen MR) is 51.9 cm³/mol. The van der Waals surface area contributed by atoms with Crippen LogP contribution in [0.4, 0.5) is 0 Å². The Bertz CT molecular complexity index is 298. The fourth-order valence-electron chi connectivity index (χ4n) is 2.00. The molecule has 0 aliphatic carbocycles. The van der Waals surface area contributed by atoms with Gasteiger partial charge in [-0.15, -0.1) is 0 Å². The van der Waals surface area contributed by atoms with E-state index in [2.05, 4.69) is 0 Å². The van der Waals surface area contributed by atoms with Crippen molar-refractivity contribution in [1.29, 1.82) is 0 Å². The highest BCUT2D eigenvalue weighted by atomic mass is 32.2. The summed E-state index contributed by atoms with van der Waals surface area (Å²) >= 11 is 0. The molecular weight excluding hydrogens is 204 g/mol. The van der Waals surface area contributed by atoms with Gasteiger partial charge in [-0.1, -0.05) is 0 Å². The maximum atomic E-state index is 11.9. The number of hydrogen-bond acceptors (Lipinski definition) is 3. The van der Waals surface area contributed by atoms with Gasteiger partial charge < -0.3 is 5.11 Å². The molecule has 2 fully saturated rings. The van der Waals surface area contributed by atoms with Crippen molar-refractivity contribution in [3.63, 3.8) is 0 Å². The summed E-state index contributed by atoms with van der Waals surface area (Å²) < 4.78 is 26.8. The molecule has 2 aliphatic heterocycles. The number of aliphatic hydroxyl groups is 1. The van der Waals surface area contributed by atoms with Crippen LogP contribution >= 0.6 is 0 Å². The molecule has 0 unspecified atom stereocenters. The maximum absolute atomic E-state index is 11.9. The Kier molecular flexibility index (Phi) is 2.79. The molecule has 14 heavy (non-hydrogen) atoms. The third-order valence-corrected chi connectivity index (χ3v) is 4.85. The van der Waals surface area contributed by atoms with Gasteiger partial charge in [-0.05, 0) is 19.3 Å². The topological polar surface area (TPSA) is 60.9 Å². The Morgan fingerprint density at radius 3 is 2.21 bits per heavy atom. The zero-order valence-electron chi connectivity index (χ0n) is 8.09. The molecule has 2 saturated heterocycles. The molecule has 1 N–H and O–H groups in total. The molecule has 0 aromatic carbocycles. The van der Waals surface area contributed by atoms with Crippen LogP contribution in [0.3, 0.4) is 0 Å². The SMILES string of the molecule is O=S(=O)(N1CCCC1)N1CC[C@H](O)C1. The van der Waals surface area contributed by atoms with Gasteiger partial charge in [-0.25, -0.2) is 0 Å². The fraction of sp³-hybridized carbons (Fsp3) is 1.00. The van der Waals surface area contributed by atoms with Gasteiger partial charge in [-0.3, -0.25) is 0 Å². The van der Waals surface area contributed by atoms with Crippen molar-refractivity contribution in [2.75, 3.05) is 26.2 Å². The van der Waals surface area contributed by atoms with E-state index >= 15 is 0 Å². The molecule has 0 radical (unpaired) electrons. The first-order valence-electron chi connectivity index (χ1n) is 5.04. The molecule has 2 aliphatic rings. The zero-order chi connectivity index (χ0) is 10.2. The van der Waals surface area contributed by atoms with Crippen molar-refractivity contribution in [3.8, 4) is 0 Å². The van der Waals surface area contributed by atoms with Crippen molar-refractivity contribution in [3.05, 3.63) is 0 Å². The highest BCUT2D eigenvalue weighted by Crippen LogP contribution is 2.20. The highest BCUT2D eigenvalue weighted by Gasteiger charge is 2.35. The van der Waals surface area contributed by atoms with Crippen molar-refractivity contribution in [2.24, 2.45) is 0 Å². The van der Waals surface area contributed by atoms with Gasteiger partial charge in [0.1, 0.15) is 0 Å². The summed E-state index contributed by atoms with van der Waals surface area (Å²) in [5.74, 6) is 0. The van der Waals surface area contributed by atoms with E-state index in [-0.39, 0.29) is 6.54 Å². The second-order valence-electron chi connectivity index (χ2n) is 3.91. The molecule has 0 bridgehead atoms. The Morgan fingerprint density at radius 1 is 1.07 bits per heavy atom. The van der Waals surface area contributed by atoms with Gasteiger partial charge in [0.05, 0.1) is 6.10 Å². The Labute approximate surface area is 84.5 Å². The van der Waals surface area contributed by atoms with E-state index in [1.807, 2.05) is 0 Å². The van der Waals surface area contributed by atoms with Gasteiger partial charge in [-0.2, -0.15) is 17.0 Å². The van der Waals surface area contributed by atoms with Crippen LogP contribution in [0.15, 0.2) is 0 Å². The van der Waals surface area contributed by atoms with Gasteiger partial charge in [0, 0.05) is 26.2 Å². The lowest BCUT2D eigenvalue weighted by Crippen LogP contribution is -2.41. The number of β-amino-alcohol motifs (C(OH)–C–C–N with tert-alkyl or cyclic N) is 1. The molecule has 0 aromatic rings. The van der Waals surface area contributed by atoms with Crippen LogP contribution in [0, 0.1) is 0 Å². The van der Waals surface area contributed by atoms with E-state index in [1.54, 1.807) is 0 Å². The van der Waals surface area contributed by atoms with Crippen LogP contribution in [0.5, 0.6) is 0 Å². The third kappa shape index (κ3) is 1.79. The number of aliphatic hydroxyl groups excluding tert-OH is 1. The van der Waals surface area contributed by atoms with Crippen LogP contribution < -0.4 is 0 Å². The van der Waals surface area contributed by atoms with E-state index in [1.165, 1.54) is 8.61 Å². The first-order valence-corrected chi connectivity index (χ1v) is 6.44. The second-order valence-corrected chi connectivity index (χ2v) is 5.84. The third-order valence-electron chi connectivity index (χ3n) is 2.84. The lowest BCUT2D eigenvalue weighted by Gasteiger charge is -2.22. The number of nitrogens with zero attached hydrogens (tertiary/aromatic N) is 2. The van der Waals surface area contributed by atoms with E-state index in [0.29, 0.717) is 26.1 Å². The summed E-state index contributed by atoms with van der Waals surface area (Å²) in [5, 5.41) is 9.28. The Morgan fingerprint density at radius 2 is 1.71 bits per heavy atom. The monoisotopic (exact) mass is 220 g/mol. The van der Waals surface area contributed by atoms with Crippen molar-refractivity contribution in [2.45, 2.75) is 25.4 Å². The first-order chi connectivity index (χ1) is 6.60. The van der Waals surface area contributed by atoms with Crippen LogP contribution in [0.25, 0.3) is 0 Å². The smallest absolute Gasteiger partial charge is 0.282 e. The summed E-state index contributed by atoms with van der Waals surface area (Å²) in [4.78, 5) is 0. The second kappa shape index (κ2) is 3.77. The Balaban J connectivity index is 2.07. The van der Waals surface area contributed by atoms with Gasteiger partial charge >= 0.3 is 0 Å². The zero-order valence-corrected chi connectivity index (χ0v) is 8.91. The predicted octanol–water partition coefficient (Wildman–Crippen LogP) is -0.606. The number of hydrogen-bond donors (Lipinski definition) is 1. The minimum atomic E-state index is -3.26. The van der Waals surface area contributed by atoms with Crippen LogP contribution in [0.2, 0.25) is 0 Å². The maximum Gasteiger partial charge on any atom is 0.282 e. The average molecular weight is 220 g/mol. The van der Waals surface area contributed by atoms with Crippen LogP contribution in [-0.4, -0.2) is 54.4 Å². The molecule has 6 heteroatoms. The molecule has 2 rings (SSSR count). The van der Waals surface area contributed by atoms with Crippen molar-refractivity contribution in [1.82, 2.24) is 8.61 Å². The van der Waals surface area contributed by atoms with E-state index in [9.17, 15) is 13.5 Å². The molecule has 82 valence electrons. The average Bonchev–Trinajstić information content (AvgIpc) is 2.72. The Hall–Kier alpha value is -0.170. The summed E-state index contributed by atoms with van der Waals surface area (Å²) in [7, 11) is -3.26. The minimum absolute atomic E-state index is 0.263. The minimum Gasteiger partial charge on any atom is -0.392 e. The molecule has 2 heterocycles. The van der Waals surface area contributed by atoms with Gasteiger partial charge in [0.2, 0.25) is 0 Å². The number of rotatable bonds is 2. The van der Waals surface area contributed by atoms with E-state index in [0.717, 1.165) is 12.8 Å². The molecular formula is C8H16N2O3S. The van der Waals surface area contributed by atoms with Crippen molar-refractivity contribution < 1.29 is 13.5 Å². The van der Waals surface area contributed by atoms with Crippen LogP contribution in [0.1, 0.15) is 19.3 Å². The molecule has 0 spiro atoms. The lowest BCUT2D eigenvalue weighted by molar-refractivity contribution is 0.188.